The smallest absolute Gasteiger partial charge is 0.338 e. The molecular formula is C19H27NO5S. The maximum atomic E-state index is 13.0. The van der Waals surface area contributed by atoms with Crippen LogP contribution in [0.25, 0.3) is 0 Å². The molecule has 6 nitrogen and oxygen atoms in total. The first-order valence-electron chi connectivity index (χ1n) is 9.33. The van der Waals surface area contributed by atoms with E-state index in [1.807, 2.05) is 13.8 Å². The van der Waals surface area contributed by atoms with Crippen molar-refractivity contribution in [1.82, 2.24) is 4.31 Å². The number of esters is 1. The summed E-state index contributed by atoms with van der Waals surface area (Å²) in [5, 5.41) is 0. The Kier molecular flexibility index (Phi) is 5.99. The van der Waals surface area contributed by atoms with Crippen molar-refractivity contribution in [1.29, 1.82) is 0 Å². The number of benzene rings is 1. The van der Waals surface area contributed by atoms with Gasteiger partial charge in [0.05, 0.1) is 22.7 Å². The summed E-state index contributed by atoms with van der Waals surface area (Å²) in [4.78, 5) is 12.5. The van der Waals surface area contributed by atoms with E-state index >= 15 is 0 Å². The van der Waals surface area contributed by atoms with Gasteiger partial charge in [0.25, 0.3) is 0 Å². The Hall–Kier alpha value is -1.44. The lowest BCUT2D eigenvalue weighted by Crippen LogP contribution is -2.48. The molecule has 3 rings (SSSR count). The molecule has 0 aromatic heterocycles. The summed E-state index contributed by atoms with van der Waals surface area (Å²) in [6.07, 6.45) is 4.71. The lowest BCUT2D eigenvalue weighted by molar-refractivity contribution is -0.0440. The lowest BCUT2D eigenvalue weighted by atomic mass is 9.98. The van der Waals surface area contributed by atoms with Crippen LogP contribution in [0.2, 0.25) is 0 Å². The summed E-state index contributed by atoms with van der Waals surface area (Å²) >= 11 is 0. The van der Waals surface area contributed by atoms with Crippen molar-refractivity contribution in [3.8, 4) is 0 Å². The molecule has 1 aliphatic carbocycles. The van der Waals surface area contributed by atoms with E-state index in [0.29, 0.717) is 13.1 Å². The van der Waals surface area contributed by atoms with Gasteiger partial charge in [-0.15, -0.1) is 0 Å². The van der Waals surface area contributed by atoms with Crippen molar-refractivity contribution >= 4 is 16.0 Å². The molecule has 1 saturated carbocycles. The summed E-state index contributed by atoms with van der Waals surface area (Å²) in [6, 6.07) is 6.15. The van der Waals surface area contributed by atoms with E-state index in [-0.39, 0.29) is 28.8 Å². The molecule has 2 fully saturated rings. The van der Waals surface area contributed by atoms with E-state index in [1.54, 1.807) is 12.1 Å². The van der Waals surface area contributed by atoms with Gasteiger partial charge in [0.15, 0.2) is 0 Å². The molecule has 1 heterocycles. The zero-order chi connectivity index (χ0) is 18.7. The van der Waals surface area contributed by atoms with Crippen molar-refractivity contribution in [2.75, 3.05) is 13.1 Å². The van der Waals surface area contributed by atoms with Crippen LogP contribution in [0.5, 0.6) is 0 Å². The van der Waals surface area contributed by atoms with E-state index < -0.39 is 16.0 Å². The number of hydrogen-bond donors (Lipinski definition) is 0. The van der Waals surface area contributed by atoms with Crippen LogP contribution < -0.4 is 0 Å². The third kappa shape index (κ3) is 4.45. The summed E-state index contributed by atoms with van der Waals surface area (Å²) in [5.41, 5.74) is 0.283. The fourth-order valence-electron chi connectivity index (χ4n) is 3.66. The third-order valence-corrected chi connectivity index (χ3v) is 6.75. The molecule has 0 bridgehead atoms. The number of sulfonamides is 1. The molecule has 2 atom stereocenters. The Morgan fingerprint density at radius 2 is 1.77 bits per heavy atom. The number of carbonyl (C=O) groups excluding carboxylic acids is 1. The molecule has 7 heteroatoms. The first-order valence-corrected chi connectivity index (χ1v) is 10.8. The van der Waals surface area contributed by atoms with Crippen LogP contribution in [0.4, 0.5) is 0 Å². The van der Waals surface area contributed by atoms with Gasteiger partial charge >= 0.3 is 5.97 Å². The Labute approximate surface area is 155 Å². The van der Waals surface area contributed by atoms with Crippen molar-refractivity contribution < 1.29 is 22.7 Å². The number of nitrogens with zero attached hydrogens (tertiary/aromatic N) is 1. The van der Waals surface area contributed by atoms with Gasteiger partial charge in [0.2, 0.25) is 10.0 Å². The fraction of sp³-hybridized carbons (Fsp3) is 0.632. The molecule has 1 aliphatic heterocycles. The molecule has 2 aliphatic rings. The highest BCUT2D eigenvalue weighted by Gasteiger charge is 2.32. The fourth-order valence-corrected chi connectivity index (χ4v) is 5.30. The summed E-state index contributed by atoms with van der Waals surface area (Å²) in [5.74, 6) is -0.447. The monoisotopic (exact) mass is 381 g/mol. The normalized spacial score (nSPS) is 25.8. The third-order valence-electron chi connectivity index (χ3n) is 4.92. The minimum absolute atomic E-state index is 0.0579. The second-order valence-electron chi connectivity index (χ2n) is 7.27. The highest BCUT2D eigenvalue weighted by molar-refractivity contribution is 7.89. The second kappa shape index (κ2) is 8.06. The predicted octanol–water partition coefficient (Wildman–Crippen LogP) is 2.97. The summed E-state index contributed by atoms with van der Waals surface area (Å²) in [7, 11) is -3.67. The van der Waals surface area contributed by atoms with E-state index in [4.69, 9.17) is 9.47 Å². The van der Waals surface area contributed by atoms with Gasteiger partial charge in [-0.05, 0) is 57.7 Å². The largest absolute Gasteiger partial charge is 0.459 e. The van der Waals surface area contributed by atoms with Crippen molar-refractivity contribution in [3.05, 3.63) is 29.8 Å². The summed E-state index contributed by atoms with van der Waals surface area (Å²) in [6.45, 7) is 4.33. The van der Waals surface area contributed by atoms with Crippen molar-refractivity contribution in [3.63, 3.8) is 0 Å². The van der Waals surface area contributed by atoms with Crippen molar-refractivity contribution in [2.24, 2.45) is 0 Å². The van der Waals surface area contributed by atoms with Gasteiger partial charge in [0.1, 0.15) is 6.10 Å². The van der Waals surface area contributed by atoms with Gasteiger partial charge in [-0.1, -0.05) is 12.5 Å². The van der Waals surface area contributed by atoms with Gasteiger partial charge in [-0.3, -0.25) is 0 Å². The van der Waals surface area contributed by atoms with E-state index in [0.717, 1.165) is 25.7 Å². The van der Waals surface area contributed by atoms with Gasteiger partial charge in [-0.2, -0.15) is 4.31 Å². The molecule has 144 valence electrons. The standard InChI is InChI=1S/C19H27NO5S/c1-14-12-20(13-15(2)24-14)26(22,23)18-10-6-7-16(11-18)19(21)25-17-8-4-3-5-9-17/h6-7,10-11,14-15,17H,3-5,8-9,12-13H2,1-2H3. The molecular weight excluding hydrogens is 354 g/mol. The highest BCUT2D eigenvalue weighted by Crippen LogP contribution is 2.24. The lowest BCUT2D eigenvalue weighted by Gasteiger charge is -2.34. The predicted molar refractivity (Wildman–Crippen MR) is 97.5 cm³/mol. The molecule has 1 aromatic rings. The van der Waals surface area contributed by atoms with Gasteiger partial charge in [0, 0.05) is 13.1 Å². The Balaban J connectivity index is 1.76. The first-order chi connectivity index (χ1) is 12.4. The van der Waals surface area contributed by atoms with E-state index in [2.05, 4.69) is 0 Å². The van der Waals surface area contributed by atoms with Crippen LogP contribution in [0.3, 0.4) is 0 Å². The topological polar surface area (TPSA) is 72.9 Å². The molecule has 0 amide bonds. The first kappa shape index (κ1) is 19.3. The molecule has 0 radical (unpaired) electrons. The van der Waals surface area contributed by atoms with Crippen molar-refractivity contribution in [2.45, 2.75) is 69.2 Å². The Morgan fingerprint density at radius 1 is 1.12 bits per heavy atom. The second-order valence-corrected chi connectivity index (χ2v) is 9.21. The average Bonchev–Trinajstić information content (AvgIpc) is 2.62. The molecule has 0 spiro atoms. The molecule has 2 unspecified atom stereocenters. The van der Waals surface area contributed by atoms with Gasteiger partial charge in [-0.25, -0.2) is 13.2 Å². The maximum absolute atomic E-state index is 13.0. The zero-order valence-corrected chi connectivity index (χ0v) is 16.2. The van der Waals surface area contributed by atoms with E-state index in [1.165, 1.54) is 22.9 Å². The van der Waals surface area contributed by atoms with Crippen LogP contribution in [0, 0.1) is 0 Å². The number of ether oxygens (including phenoxy) is 2. The summed E-state index contributed by atoms with van der Waals surface area (Å²) < 4.78 is 38.5. The van der Waals surface area contributed by atoms with Gasteiger partial charge < -0.3 is 9.47 Å². The number of morpholine rings is 1. The van der Waals surface area contributed by atoms with E-state index in [9.17, 15) is 13.2 Å². The molecule has 1 aromatic carbocycles. The Morgan fingerprint density at radius 3 is 2.42 bits per heavy atom. The minimum Gasteiger partial charge on any atom is -0.459 e. The van der Waals surface area contributed by atoms with Crippen LogP contribution in [0.1, 0.15) is 56.3 Å². The van der Waals surface area contributed by atoms with Crippen LogP contribution in [-0.4, -0.2) is 50.1 Å². The SMILES string of the molecule is CC1CN(S(=O)(=O)c2cccc(C(=O)OC3CCCCC3)c2)CC(C)O1. The van der Waals surface area contributed by atoms with Crippen LogP contribution in [-0.2, 0) is 19.5 Å². The number of carbonyl (C=O) groups is 1. The number of hydrogen-bond acceptors (Lipinski definition) is 5. The maximum Gasteiger partial charge on any atom is 0.338 e. The number of rotatable bonds is 4. The molecule has 1 saturated heterocycles. The Bertz CT molecular complexity index is 732. The minimum atomic E-state index is -3.67. The highest BCUT2D eigenvalue weighted by atomic mass is 32.2. The molecule has 26 heavy (non-hydrogen) atoms. The zero-order valence-electron chi connectivity index (χ0n) is 15.4. The van der Waals surface area contributed by atoms with Crippen LogP contribution >= 0.6 is 0 Å². The average molecular weight is 381 g/mol. The quantitative estimate of drug-likeness (QED) is 0.750. The van der Waals surface area contributed by atoms with Crippen LogP contribution in [0.15, 0.2) is 29.2 Å². The molecule has 0 N–H and O–H groups in total.